The molecule has 1 aromatic rings. The number of rotatable bonds is 3. The average molecular weight is 249 g/mol. The van der Waals surface area contributed by atoms with Crippen LogP contribution in [0.15, 0.2) is 24.3 Å². The topological polar surface area (TPSA) is 54.5 Å². The van der Waals surface area contributed by atoms with Gasteiger partial charge in [0.25, 0.3) is 11.8 Å². The van der Waals surface area contributed by atoms with Crippen molar-refractivity contribution in [3.63, 3.8) is 0 Å². The van der Waals surface area contributed by atoms with E-state index in [0.717, 1.165) is 11.8 Å². The summed E-state index contributed by atoms with van der Waals surface area (Å²) in [6, 6.07) is 6.76. The molecule has 1 aliphatic heterocycles. The van der Waals surface area contributed by atoms with Gasteiger partial charge in [-0.15, -0.1) is 0 Å². The monoisotopic (exact) mass is 249 g/mol. The Kier molecular flexibility index (Phi) is 3.28. The molecule has 1 aromatic carbocycles. The van der Waals surface area contributed by atoms with Gasteiger partial charge in [0.05, 0.1) is 11.1 Å². The summed E-state index contributed by atoms with van der Waals surface area (Å²) >= 11 is 1.12. The first kappa shape index (κ1) is 11.9. The van der Waals surface area contributed by atoms with E-state index in [1.807, 2.05) is 0 Å². The Morgan fingerprint density at radius 2 is 1.71 bits per heavy atom. The first-order valence-corrected chi connectivity index (χ1v) is 6.18. The molecule has 0 fully saturated rings. The van der Waals surface area contributed by atoms with Crippen LogP contribution in [0.25, 0.3) is 0 Å². The van der Waals surface area contributed by atoms with Crippen molar-refractivity contribution in [3.05, 3.63) is 35.4 Å². The standard InChI is InChI=1S/C12H11NO3S/c1-8(14)17-7-6-13-11(15)9-4-2-3-5-10(9)12(13)16/h2-5H,6-7H2,1H3. The molecule has 5 heteroatoms. The van der Waals surface area contributed by atoms with E-state index in [0.29, 0.717) is 16.9 Å². The van der Waals surface area contributed by atoms with Crippen LogP contribution in [0.4, 0.5) is 0 Å². The predicted octanol–water partition coefficient (Wildman–Crippen LogP) is 1.56. The van der Waals surface area contributed by atoms with Crippen molar-refractivity contribution in [2.45, 2.75) is 6.92 Å². The summed E-state index contributed by atoms with van der Waals surface area (Å²) in [5.41, 5.74) is 0.899. The van der Waals surface area contributed by atoms with Crippen LogP contribution in [-0.4, -0.2) is 34.1 Å². The van der Waals surface area contributed by atoms with Gasteiger partial charge in [0, 0.05) is 19.2 Å². The molecule has 0 unspecified atom stereocenters. The largest absolute Gasteiger partial charge is 0.288 e. The van der Waals surface area contributed by atoms with Crippen LogP contribution in [0, 0.1) is 0 Å². The molecule has 0 radical (unpaired) electrons. The molecule has 0 atom stereocenters. The fourth-order valence-electron chi connectivity index (χ4n) is 1.72. The van der Waals surface area contributed by atoms with E-state index in [2.05, 4.69) is 0 Å². The number of hydrogen-bond acceptors (Lipinski definition) is 4. The zero-order chi connectivity index (χ0) is 12.4. The summed E-state index contributed by atoms with van der Waals surface area (Å²) < 4.78 is 0. The van der Waals surface area contributed by atoms with E-state index in [4.69, 9.17) is 0 Å². The SMILES string of the molecule is CC(=O)SCCN1C(=O)c2ccccc2C1=O. The third-order valence-corrected chi connectivity index (χ3v) is 3.29. The number of nitrogens with zero attached hydrogens (tertiary/aromatic N) is 1. The average Bonchev–Trinajstić information content (AvgIpc) is 2.54. The molecule has 0 saturated heterocycles. The maximum atomic E-state index is 11.9. The first-order valence-electron chi connectivity index (χ1n) is 5.20. The van der Waals surface area contributed by atoms with Crippen LogP contribution < -0.4 is 0 Å². The molecule has 4 nitrogen and oxygen atoms in total. The summed E-state index contributed by atoms with van der Waals surface area (Å²) in [5.74, 6) is -0.0923. The van der Waals surface area contributed by atoms with Gasteiger partial charge in [0.2, 0.25) is 0 Å². The van der Waals surface area contributed by atoms with Gasteiger partial charge >= 0.3 is 0 Å². The minimum absolute atomic E-state index is 0.0124. The number of imide groups is 1. The highest BCUT2D eigenvalue weighted by Gasteiger charge is 2.34. The molecule has 1 heterocycles. The molecule has 1 aliphatic rings. The van der Waals surface area contributed by atoms with Gasteiger partial charge in [0.1, 0.15) is 0 Å². The second-order valence-electron chi connectivity index (χ2n) is 3.65. The summed E-state index contributed by atoms with van der Waals surface area (Å²) in [6.07, 6.45) is 0. The number of fused-ring (bicyclic) bond motifs is 1. The zero-order valence-electron chi connectivity index (χ0n) is 9.30. The molecule has 2 rings (SSSR count). The number of carbonyl (C=O) groups excluding carboxylic acids is 3. The van der Waals surface area contributed by atoms with Crippen molar-refractivity contribution in [2.75, 3.05) is 12.3 Å². The molecule has 0 bridgehead atoms. The quantitative estimate of drug-likeness (QED) is 0.763. The molecule has 0 aliphatic carbocycles. The van der Waals surface area contributed by atoms with Gasteiger partial charge in [-0.1, -0.05) is 23.9 Å². The van der Waals surface area contributed by atoms with Crippen LogP contribution in [0.2, 0.25) is 0 Å². The van der Waals surface area contributed by atoms with Crippen molar-refractivity contribution >= 4 is 28.7 Å². The summed E-state index contributed by atoms with van der Waals surface area (Å²) in [6.45, 7) is 1.74. The Balaban J connectivity index is 2.11. The van der Waals surface area contributed by atoms with E-state index in [9.17, 15) is 14.4 Å². The fourth-order valence-corrected chi connectivity index (χ4v) is 2.28. The van der Waals surface area contributed by atoms with Crippen molar-refractivity contribution in [2.24, 2.45) is 0 Å². The predicted molar refractivity (Wildman–Crippen MR) is 64.9 cm³/mol. The molecule has 0 aromatic heterocycles. The molecule has 2 amide bonds. The normalized spacial score (nSPS) is 14.1. The zero-order valence-corrected chi connectivity index (χ0v) is 10.1. The van der Waals surface area contributed by atoms with Gasteiger partial charge in [-0.3, -0.25) is 19.3 Å². The smallest absolute Gasteiger partial charge is 0.261 e. The lowest BCUT2D eigenvalue weighted by atomic mass is 10.1. The van der Waals surface area contributed by atoms with E-state index < -0.39 is 0 Å². The van der Waals surface area contributed by atoms with Crippen molar-refractivity contribution < 1.29 is 14.4 Å². The minimum atomic E-state index is -0.269. The third kappa shape index (κ3) is 2.24. The number of thioether (sulfide) groups is 1. The highest BCUT2D eigenvalue weighted by Crippen LogP contribution is 2.22. The Bertz CT molecular complexity index is 463. The Labute approximate surface area is 103 Å². The minimum Gasteiger partial charge on any atom is -0.288 e. The second-order valence-corrected chi connectivity index (χ2v) is 4.92. The van der Waals surface area contributed by atoms with Crippen LogP contribution in [0.1, 0.15) is 27.6 Å². The van der Waals surface area contributed by atoms with E-state index >= 15 is 0 Å². The lowest BCUT2D eigenvalue weighted by molar-refractivity contribution is -0.109. The van der Waals surface area contributed by atoms with Crippen LogP contribution in [0.3, 0.4) is 0 Å². The van der Waals surface area contributed by atoms with Crippen molar-refractivity contribution in [1.29, 1.82) is 0 Å². The molecule has 88 valence electrons. The van der Waals surface area contributed by atoms with E-state index in [1.54, 1.807) is 24.3 Å². The summed E-state index contributed by atoms with van der Waals surface area (Å²) in [4.78, 5) is 35.8. The van der Waals surface area contributed by atoms with E-state index in [1.165, 1.54) is 11.8 Å². The highest BCUT2D eigenvalue weighted by molar-refractivity contribution is 8.13. The maximum absolute atomic E-state index is 11.9. The Hall–Kier alpha value is -1.62. The van der Waals surface area contributed by atoms with E-state index in [-0.39, 0.29) is 23.5 Å². The van der Waals surface area contributed by atoms with Gasteiger partial charge in [-0.25, -0.2) is 0 Å². The highest BCUT2D eigenvalue weighted by atomic mass is 32.2. The fraction of sp³-hybridized carbons (Fsp3) is 0.250. The first-order chi connectivity index (χ1) is 8.11. The Morgan fingerprint density at radius 1 is 1.18 bits per heavy atom. The number of hydrogen-bond donors (Lipinski definition) is 0. The molecular formula is C12H11NO3S. The molecular weight excluding hydrogens is 238 g/mol. The summed E-state index contributed by atoms with van der Waals surface area (Å²) in [5, 5.41) is -0.0124. The third-order valence-electron chi connectivity index (χ3n) is 2.50. The number of benzene rings is 1. The maximum Gasteiger partial charge on any atom is 0.261 e. The Morgan fingerprint density at radius 3 is 2.18 bits per heavy atom. The number of carbonyl (C=O) groups is 3. The van der Waals surface area contributed by atoms with Crippen molar-refractivity contribution in [1.82, 2.24) is 4.90 Å². The molecule has 0 saturated carbocycles. The lowest BCUT2D eigenvalue weighted by Crippen LogP contribution is -2.32. The molecule has 0 N–H and O–H groups in total. The van der Waals surface area contributed by atoms with Gasteiger partial charge in [-0.05, 0) is 12.1 Å². The lowest BCUT2D eigenvalue weighted by Gasteiger charge is -2.12. The molecule has 0 spiro atoms. The number of amides is 2. The van der Waals surface area contributed by atoms with Gasteiger partial charge in [-0.2, -0.15) is 0 Å². The van der Waals surface area contributed by atoms with Crippen molar-refractivity contribution in [3.8, 4) is 0 Å². The molecule has 17 heavy (non-hydrogen) atoms. The second kappa shape index (κ2) is 4.71. The van der Waals surface area contributed by atoms with Gasteiger partial charge < -0.3 is 0 Å². The summed E-state index contributed by atoms with van der Waals surface area (Å²) in [7, 11) is 0. The van der Waals surface area contributed by atoms with Gasteiger partial charge in [0.15, 0.2) is 5.12 Å². The van der Waals surface area contributed by atoms with Crippen LogP contribution in [0.5, 0.6) is 0 Å². The van der Waals surface area contributed by atoms with Crippen LogP contribution in [-0.2, 0) is 4.79 Å². The van der Waals surface area contributed by atoms with Crippen LogP contribution >= 0.6 is 11.8 Å².